The van der Waals surface area contributed by atoms with Gasteiger partial charge in [-0.3, -0.25) is 4.79 Å². The van der Waals surface area contributed by atoms with Crippen LogP contribution in [0.15, 0.2) is 18.2 Å². The van der Waals surface area contributed by atoms with Crippen molar-refractivity contribution in [1.29, 1.82) is 0 Å². The predicted molar refractivity (Wildman–Crippen MR) is 65.0 cm³/mol. The van der Waals surface area contributed by atoms with Crippen molar-refractivity contribution in [2.75, 3.05) is 20.1 Å². The van der Waals surface area contributed by atoms with Gasteiger partial charge in [0, 0.05) is 13.6 Å². The number of para-hydroxylation sites is 1. The van der Waals surface area contributed by atoms with Gasteiger partial charge in [0.1, 0.15) is 0 Å². The van der Waals surface area contributed by atoms with Gasteiger partial charge < -0.3 is 20.8 Å². The third-order valence-electron chi connectivity index (χ3n) is 2.58. The van der Waals surface area contributed by atoms with Crippen LogP contribution >= 0.6 is 0 Å². The number of nitrogens with zero attached hydrogens (tertiary/aromatic N) is 1. The number of benzene rings is 1. The molecular weight excluding hydrogens is 220 g/mol. The number of rotatable bonds is 4. The van der Waals surface area contributed by atoms with Crippen molar-refractivity contribution in [3.05, 3.63) is 23.8 Å². The van der Waals surface area contributed by atoms with Crippen LogP contribution in [0.5, 0.6) is 11.5 Å². The number of phenolic OH excluding ortho intramolecular Hbond substituents is 2. The second-order valence-corrected chi connectivity index (χ2v) is 4.20. The predicted octanol–water partition coefficient (Wildman–Crippen LogP) is 0.765. The highest BCUT2D eigenvalue weighted by molar-refractivity contribution is 5.97. The second kappa shape index (κ2) is 5.54. The monoisotopic (exact) mass is 238 g/mol. The summed E-state index contributed by atoms with van der Waals surface area (Å²) >= 11 is 0. The number of phenols is 2. The van der Waals surface area contributed by atoms with Crippen LogP contribution in [0.25, 0.3) is 0 Å². The molecule has 1 amide bonds. The van der Waals surface area contributed by atoms with Gasteiger partial charge in [-0.2, -0.15) is 0 Å². The number of hydrogen-bond acceptors (Lipinski definition) is 4. The summed E-state index contributed by atoms with van der Waals surface area (Å²) < 4.78 is 0. The minimum Gasteiger partial charge on any atom is -0.504 e. The Morgan fingerprint density at radius 1 is 1.47 bits per heavy atom. The molecule has 1 aromatic rings. The van der Waals surface area contributed by atoms with E-state index in [2.05, 4.69) is 0 Å². The minimum absolute atomic E-state index is 0.0942. The number of aromatic hydroxyl groups is 2. The summed E-state index contributed by atoms with van der Waals surface area (Å²) in [5.41, 5.74) is 5.58. The molecule has 0 spiro atoms. The van der Waals surface area contributed by atoms with Gasteiger partial charge in [-0.05, 0) is 24.6 Å². The normalized spacial score (nSPS) is 12.2. The van der Waals surface area contributed by atoms with Gasteiger partial charge in [0.25, 0.3) is 5.91 Å². The van der Waals surface area contributed by atoms with Gasteiger partial charge >= 0.3 is 0 Å². The quantitative estimate of drug-likeness (QED) is 0.676. The smallest absolute Gasteiger partial charge is 0.257 e. The fourth-order valence-corrected chi connectivity index (χ4v) is 1.53. The van der Waals surface area contributed by atoms with Crippen LogP contribution in [0.2, 0.25) is 0 Å². The van der Waals surface area contributed by atoms with Crippen LogP contribution in [0.3, 0.4) is 0 Å². The Kier molecular flexibility index (Phi) is 4.34. The Morgan fingerprint density at radius 2 is 2.12 bits per heavy atom. The van der Waals surface area contributed by atoms with Crippen LogP contribution < -0.4 is 5.73 Å². The van der Waals surface area contributed by atoms with E-state index in [0.717, 1.165) is 0 Å². The molecule has 0 saturated carbocycles. The summed E-state index contributed by atoms with van der Waals surface area (Å²) in [7, 11) is 1.64. The molecule has 1 atom stereocenters. The van der Waals surface area contributed by atoms with E-state index < -0.39 is 0 Å². The molecule has 0 fully saturated rings. The first-order valence-electron chi connectivity index (χ1n) is 5.43. The highest BCUT2D eigenvalue weighted by Crippen LogP contribution is 2.28. The van der Waals surface area contributed by atoms with Crippen LogP contribution in [-0.2, 0) is 0 Å². The lowest BCUT2D eigenvalue weighted by molar-refractivity contribution is 0.0773. The maximum absolute atomic E-state index is 12.0. The van der Waals surface area contributed by atoms with E-state index in [1.807, 2.05) is 6.92 Å². The Morgan fingerprint density at radius 3 is 2.71 bits per heavy atom. The maximum Gasteiger partial charge on any atom is 0.257 e. The molecule has 5 nitrogen and oxygen atoms in total. The Labute approximate surface area is 100 Å². The molecule has 1 unspecified atom stereocenters. The summed E-state index contributed by atoms with van der Waals surface area (Å²) in [6, 6.07) is 4.32. The molecule has 0 saturated heterocycles. The second-order valence-electron chi connectivity index (χ2n) is 4.20. The summed E-state index contributed by atoms with van der Waals surface area (Å²) in [6.07, 6.45) is 0. The first kappa shape index (κ1) is 13.3. The molecule has 4 N–H and O–H groups in total. The van der Waals surface area contributed by atoms with E-state index in [1.54, 1.807) is 7.05 Å². The molecule has 0 radical (unpaired) electrons. The minimum atomic E-state index is -0.384. The Hall–Kier alpha value is -1.75. The van der Waals surface area contributed by atoms with E-state index in [9.17, 15) is 15.0 Å². The van der Waals surface area contributed by atoms with Crippen molar-refractivity contribution in [3.8, 4) is 11.5 Å². The number of nitrogens with two attached hydrogens (primary N) is 1. The number of carbonyl (C=O) groups excluding carboxylic acids is 1. The molecule has 0 aliphatic heterocycles. The molecule has 0 bridgehead atoms. The Balaban J connectivity index is 2.85. The standard InChI is InChI=1S/C12H18N2O3/c1-8(6-13)7-14(2)12(17)9-4-3-5-10(15)11(9)16/h3-5,8,15-16H,6-7,13H2,1-2H3. The number of amides is 1. The molecular formula is C12H18N2O3. The lowest BCUT2D eigenvalue weighted by Crippen LogP contribution is -2.33. The van der Waals surface area contributed by atoms with Crippen LogP contribution in [-0.4, -0.2) is 41.2 Å². The summed E-state index contributed by atoms with van der Waals surface area (Å²) in [4.78, 5) is 13.5. The lowest BCUT2D eigenvalue weighted by atomic mass is 10.1. The third-order valence-corrected chi connectivity index (χ3v) is 2.58. The van der Waals surface area contributed by atoms with E-state index in [0.29, 0.717) is 13.1 Å². The van der Waals surface area contributed by atoms with Crippen LogP contribution in [0, 0.1) is 5.92 Å². The zero-order valence-corrected chi connectivity index (χ0v) is 10.1. The molecule has 0 heterocycles. The fraction of sp³-hybridized carbons (Fsp3) is 0.417. The van der Waals surface area contributed by atoms with Crippen molar-refractivity contribution in [2.24, 2.45) is 11.7 Å². The largest absolute Gasteiger partial charge is 0.504 e. The lowest BCUT2D eigenvalue weighted by Gasteiger charge is -2.21. The number of carbonyl (C=O) groups is 1. The van der Waals surface area contributed by atoms with Crippen molar-refractivity contribution in [2.45, 2.75) is 6.92 Å². The SMILES string of the molecule is CC(CN)CN(C)C(=O)c1cccc(O)c1O. The van der Waals surface area contributed by atoms with Gasteiger partial charge in [0.05, 0.1) is 5.56 Å². The Bertz CT molecular complexity index is 407. The highest BCUT2D eigenvalue weighted by Gasteiger charge is 2.18. The molecule has 5 heteroatoms. The average molecular weight is 238 g/mol. The molecule has 0 aromatic heterocycles. The summed E-state index contributed by atoms with van der Waals surface area (Å²) in [5.74, 6) is -0.831. The van der Waals surface area contributed by atoms with Gasteiger partial charge in [-0.25, -0.2) is 0 Å². The van der Waals surface area contributed by atoms with Gasteiger partial charge in [0.2, 0.25) is 0 Å². The molecule has 0 aliphatic carbocycles. The van der Waals surface area contributed by atoms with Gasteiger partial charge in [-0.15, -0.1) is 0 Å². The fourth-order valence-electron chi connectivity index (χ4n) is 1.53. The summed E-state index contributed by atoms with van der Waals surface area (Å²) in [6.45, 7) is 2.93. The van der Waals surface area contributed by atoms with Crippen molar-refractivity contribution >= 4 is 5.91 Å². The van der Waals surface area contributed by atoms with Crippen molar-refractivity contribution in [1.82, 2.24) is 4.90 Å². The van der Waals surface area contributed by atoms with E-state index in [-0.39, 0.29) is 28.9 Å². The maximum atomic E-state index is 12.0. The zero-order valence-electron chi connectivity index (χ0n) is 10.1. The van der Waals surface area contributed by atoms with E-state index >= 15 is 0 Å². The number of hydrogen-bond donors (Lipinski definition) is 3. The van der Waals surface area contributed by atoms with Gasteiger partial charge in [0.15, 0.2) is 11.5 Å². The van der Waals surface area contributed by atoms with E-state index in [1.165, 1.54) is 23.1 Å². The molecule has 94 valence electrons. The molecule has 1 aromatic carbocycles. The first-order valence-corrected chi connectivity index (χ1v) is 5.43. The third kappa shape index (κ3) is 3.10. The van der Waals surface area contributed by atoms with Crippen molar-refractivity contribution < 1.29 is 15.0 Å². The highest BCUT2D eigenvalue weighted by atomic mass is 16.3. The van der Waals surface area contributed by atoms with Gasteiger partial charge in [-0.1, -0.05) is 13.0 Å². The first-order chi connectivity index (χ1) is 7.97. The molecule has 1 rings (SSSR count). The van der Waals surface area contributed by atoms with Crippen LogP contribution in [0.1, 0.15) is 17.3 Å². The van der Waals surface area contributed by atoms with E-state index in [4.69, 9.17) is 5.73 Å². The topological polar surface area (TPSA) is 86.8 Å². The molecule has 17 heavy (non-hydrogen) atoms. The summed E-state index contributed by atoms with van der Waals surface area (Å²) in [5, 5.41) is 18.9. The zero-order chi connectivity index (χ0) is 13.0. The van der Waals surface area contributed by atoms with Crippen LogP contribution in [0.4, 0.5) is 0 Å². The average Bonchev–Trinajstić information content (AvgIpc) is 2.31. The van der Waals surface area contributed by atoms with Crippen molar-refractivity contribution in [3.63, 3.8) is 0 Å². The molecule has 0 aliphatic rings.